The lowest BCUT2D eigenvalue weighted by Gasteiger charge is -2.11. The lowest BCUT2D eigenvalue weighted by atomic mass is 10.1. The van der Waals surface area contributed by atoms with Gasteiger partial charge in [-0.25, -0.2) is 9.37 Å². The summed E-state index contributed by atoms with van der Waals surface area (Å²) < 4.78 is 15.5. The molecule has 0 aliphatic carbocycles. The Morgan fingerprint density at radius 2 is 2.11 bits per heavy atom. The molecule has 0 radical (unpaired) electrons. The lowest BCUT2D eigenvalue weighted by Crippen LogP contribution is -2.18. The van der Waals surface area contributed by atoms with Crippen molar-refractivity contribution in [1.82, 2.24) is 19.7 Å². The highest BCUT2D eigenvalue weighted by atomic mass is 19.1. The van der Waals surface area contributed by atoms with Gasteiger partial charge in [0.25, 0.3) is 5.91 Å². The Morgan fingerprint density at radius 3 is 2.81 bits per heavy atom. The number of amides is 1. The van der Waals surface area contributed by atoms with Crippen LogP contribution in [-0.4, -0.2) is 32.2 Å². The predicted molar refractivity (Wildman–Crippen MR) is 100 cm³/mol. The van der Waals surface area contributed by atoms with Crippen LogP contribution in [0.5, 0.6) is 0 Å². The van der Waals surface area contributed by atoms with E-state index < -0.39 is 5.91 Å². The Labute approximate surface area is 155 Å². The Balaban J connectivity index is 1.73. The van der Waals surface area contributed by atoms with Gasteiger partial charge in [0, 0.05) is 25.5 Å². The fraction of sp³-hybridized carbons (Fsp3) is 0.222. The molecule has 140 valence electrons. The molecular formula is C18H20FN7O. The van der Waals surface area contributed by atoms with Crippen LogP contribution in [0.2, 0.25) is 0 Å². The summed E-state index contributed by atoms with van der Waals surface area (Å²) in [4.78, 5) is 20.1. The van der Waals surface area contributed by atoms with Gasteiger partial charge in [0.2, 0.25) is 5.95 Å². The zero-order valence-electron chi connectivity index (χ0n) is 14.8. The lowest BCUT2D eigenvalue weighted by molar-refractivity contribution is 0.100. The molecule has 1 aromatic carbocycles. The third-order valence-electron chi connectivity index (χ3n) is 3.91. The molecule has 1 amide bonds. The van der Waals surface area contributed by atoms with Gasteiger partial charge in [0.05, 0.1) is 17.4 Å². The zero-order chi connectivity index (χ0) is 19.2. The van der Waals surface area contributed by atoms with Crippen molar-refractivity contribution in [1.29, 1.82) is 0 Å². The average molecular weight is 369 g/mol. The Kier molecular flexibility index (Phi) is 5.60. The van der Waals surface area contributed by atoms with Crippen LogP contribution in [0.4, 0.5) is 21.8 Å². The number of anilines is 3. The van der Waals surface area contributed by atoms with E-state index in [-0.39, 0.29) is 11.4 Å². The number of nitrogens with zero attached hydrogens (tertiary/aromatic N) is 4. The van der Waals surface area contributed by atoms with Gasteiger partial charge in [-0.3, -0.25) is 9.48 Å². The van der Waals surface area contributed by atoms with Gasteiger partial charge in [-0.1, -0.05) is 18.2 Å². The maximum Gasteiger partial charge on any atom is 0.254 e. The second-order valence-corrected chi connectivity index (χ2v) is 5.80. The van der Waals surface area contributed by atoms with Crippen LogP contribution in [0.15, 0.2) is 42.9 Å². The second kappa shape index (κ2) is 8.26. The van der Waals surface area contributed by atoms with Crippen LogP contribution in [0.3, 0.4) is 0 Å². The number of benzene rings is 1. The van der Waals surface area contributed by atoms with Crippen molar-refractivity contribution in [3.8, 4) is 0 Å². The van der Waals surface area contributed by atoms with Crippen molar-refractivity contribution in [3.05, 3.63) is 59.8 Å². The molecule has 3 aromatic rings. The summed E-state index contributed by atoms with van der Waals surface area (Å²) in [6, 6.07) is 6.54. The van der Waals surface area contributed by atoms with Crippen LogP contribution in [-0.2, 0) is 13.0 Å². The molecule has 0 spiro atoms. The quantitative estimate of drug-likeness (QED) is 0.562. The van der Waals surface area contributed by atoms with E-state index >= 15 is 0 Å². The summed E-state index contributed by atoms with van der Waals surface area (Å²) >= 11 is 0. The van der Waals surface area contributed by atoms with Gasteiger partial charge in [0.15, 0.2) is 0 Å². The van der Waals surface area contributed by atoms with Crippen LogP contribution in [0, 0.1) is 5.82 Å². The molecule has 3 rings (SSSR count). The van der Waals surface area contributed by atoms with E-state index in [9.17, 15) is 9.18 Å². The third kappa shape index (κ3) is 4.57. The first kappa shape index (κ1) is 18.3. The predicted octanol–water partition coefficient (Wildman–Crippen LogP) is 2.33. The van der Waals surface area contributed by atoms with Gasteiger partial charge in [0.1, 0.15) is 11.6 Å². The molecule has 27 heavy (non-hydrogen) atoms. The van der Waals surface area contributed by atoms with Gasteiger partial charge in [-0.2, -0.15) is 10.1 Å². The molecule has 0 bridgehead atoms. The molecule has 2 heterocycles. The number of aromatic nitrogens is 4. The van der Waals surface area contributed by atoms with E-state index in [1.165, 1.54) is 12.3 Å². The Bertz CT molecular complexity index is 941. The standard InChI is InChI=1S/C18H20FN7O/c1-2-26-11-13(9-23-26)24-18-22-10-14(16(20)27)17(25-18)21-8-7-12-5-3-4-6-15(12)19/h3-6,9-11H,2,7-8H2,1H3,(H2,20,27)(H2,21,22,24,25). The van der Waals surface area contributed by atoms with Crippen molar-refractivity contribution < 1.29 is 9.18 Å². The average Bonchev–Trinajstić information content (AvgIpc) is 3.11. The number of nitrogens with two attached hydrogens (primary N) is 1. The summed E-state index contributed by atoms with van der Waals surface area (Å²) in [7, 11) is 0. The van der Waals surface area contributed by atoms with Crippen LogP contribution >= 0.6 is 0 Å². The molecule has 0 fully saturated rings. The van der Waals surface area contributed by atoms with Gasteiger partial charge in [-0.15, -0.1) is 0 Å². The minimum absolute atomic E-state index is 0.165. The highest BCUT2D eigenvalue weighted by molar-refractivity contribution is 5.97. The maximum absolute atomic E-state index is 13.7. The summed E-state index contributed by atoms with van der Waals surface area (Å²) in [5.74, 6) is -0.329. The summed E-state index contributed by atoms with van der Waals surface area (Å²) in [5, 5.41) is 10.2. The minimum Gasteiger partial charge on any atom is -0.369 e. The summed E-state index contributed by atoms with van der Waals surface area (Å²) in [6.07, 6.45) is 5.25. The fourth-order valence-electron chi connectivity index (χ4n) is 2.50. The van der Waals surface area contributed by atoms with E-state index in [2.05, 4.69) is 25.7 Å². The van der Waals surface area contributed by atoms with Gasteiger partial charge in [-0.05, 0) is 25.0 Å². The smallest absolute Gasteiger partial charge is 0.254 e. The highest BCUT2D eigenvalue weighted by Gasteiger charge is 2.13. The molecule has 0 aliphatic rings. The van der Waals surface area contributed by atoms with E-state index in [1.54, 1.807) is 29.1 Å². The van der Waals surface area contributed by atoms with E-state index in [0.29, 0.717) is 30.3 Å². The van der Waals surface area contributed by atoms with Gasteiger partial charge >= 0.3 is 0 Å². The Morgan fingerprint density at radius 1 is 1.30 bits per heavy atom. The van der Waals surface area contributed by atoms with Crippen molar-refractivity contribution in [3.63, 3.8) is 0 Å². The van der Waals surface area contributed by atoms with Crippen LogP contribution in [0.25, 0.3) is 0 Å². The first-order valence-electron chi connectivity index (χ1n) is 8.50. The Hall–Kier alpha value is -3.49. The van der Waals surface area contributed by atoms with Gasteiger partial charge < -0.3 is 16.4 Å². The number of hydrogen-bond acceptors (Lipinski definition) is 6. The van der Waals surface area contributed by atoms with E-state index in [0.717, 1.165) is 12.2 Å². The minimum atomic E-state index is -0.645. The van der Waals surface area contributed by atoms with Crippen LogP contribution in [0.1, 0.15) is 22.8 Å². The van der Waals surface area contributed by atoms with Crippen molar-refractivity contribution in [2.24, 2.45) is 5.73 Å². The number of aryl methyl sites for hydroxylation is 1. The molecule has 0 unspecified atom stereocenters. The number of primary amides is 1. The number of hydrogen-bond donors (Lipinski definition) is 3. The molecule has 0 aliphatic heterocycles. The van der Waals surface area contributed by atoms with E-state index in [4.69, 9.17) is 5.73 Å². The molecule has 0 saturated carbocycles. The van der Waals surface area contributed by atoms with Crippen LogP contribution < -0.4 is 16.4 Å². The fourth-order valence-corrected chi connectivity index (χ4v) is 2.50. The molecule has 8 nitrogen and oxygen atoms in total. The number of carbonyl (C=O) groups excluding carboxylic acids is 1. The van der Waals surface area contributed by atoms with Crippen molar-refractivity contribution >= 4 is 23.4 Å². The molecule has 2 aromatic heterocycles. The number of nitrogens with one attached hydrogen (secondary N) is 2. The molecular weight excluding hydrogens is 349 g/mol. The number of carbonyl (C=O) groups is 1. The first-order valence-corrected chi connectivity index (χ1v) is 8.50. The second-order valence-electron chi connectivity index (χ2n) is 5.80. The zero-order valence-corrected chi connectivity index (χ0v) is 14.8. The first-order chi connectivity index (χ1) is 13.1. The molecule has 4 N–H and O–H groups in total. The highest BCUT2D eigenvalue weighted by Crippen LogP contribution is 2.17. The largest absolute Gasteiger partial charge is 0.369 e. The third-order valence-corrected chi connectivity index (χ3v) is 3.91. The number of rotatable bonds is 8. The maximum atomic E-state index is 13.7. The summed E-state index contributed by atoms with van der Waals surface area (Å²) in [5.41, 5.74) is 6.86. The molecule has 9 heteroatoms. The normalized spacial score (nSPS) is 10.6. The molecule has 0 saturated heterocycles. The SMILES string of the molecule is CCn1cc(Nc2ncc(C(N)=O)c(NCCc3ccccc3F)n2)cn1. The van der Waals surface area contributed by atoms with E-state index in [1.807, 2.05) is 13.1 Å². The van der Waals surface area contributed by atoms with Crippen molar-refractivity contribution in [2.75, 3.05) is 17.2 Å². The van der Waals surface area contributed by atoms with Crippen molar-refractivity contribution in [2.45, 2.75) is 19.9 Å². The monoisotopic (exact) mass is 369 g/mol. The summed E-state index contributed by atoms with van der Waals surface area (Å²) in [6.45, 7) is 3.10. The number of halogens is 1. The molecule has 0 atom stereocenters. The topological polar surface area (TPSA) is 111 Å².